The molecule has 1 unspecified atom stereocenters. The Labute approximate surface area is 149 Å². The average molecular weight is 440 g/mol. The van der Waals surface area contributed by atoms with Gasteiger partial charge in [-0.15, -0.1) is 24.0 Å². The minimum atomic E-state index is -2.81. The molecule has 1 aromatic heterocycles. The summed E-state index contributed by atoms with van der Waals surface area (Å²) < 4.78 is 25.0. The van der Waals surface area contributed by atoms with Crippen LogP contribution in [0, 0.1) is 5.92 Å². The molecule has 1 aromatic rings. The zero-order chi connectivity index (χ0) is 15.5. The van der Waals surface area contributed by atoms with Crippen LogP contribution >= 0.6 is 24.0 Å². The largest absolute Gasteiger partial charge is 0.356 e. The Morgan fingerprint density at radius 1 is 1.55 bits per heavy atom. The minimum absolute atomic E-state index is 0. The van der Waals surface area contributed by atoms with Crippen LogP contribution in [0.3, 0.4) is 0 Å². The summed E-state index contributed by atoms with van der Waals surface area (Å²) in [6, 6.07) is 4.09. The number of guanidine groups is 1. The highest BCUT2D eigenvalue weighted by atomic mass is 127. The van der Waals surface area contributed by atoms with Gasteiger partial charge in [-0.05, 0) is 24.5 Å². The van der Waals surface area contributed by atoms with Gasteiger partial charge in [-0.2, -0.15) is 0 Å². The number of nitrogens with zero attached hydrogens (tertiary/aromatic N) is 3. The molecule has 0 radical (unpaired) electrons. The Morgan fingerprint density at radius 2 is 2.27 bits per heavy atom. The molecule has 1 fully saturated rings. The van der Waals surface area contributed by atoms with Gasteiger partial charge in [0.25, 0.3) is 0 Å². The van der Waals surface area contributed by atoms with Crippen molar-refractivity contribution in [2.45, 2.75) is 13.0 Å². The molecule has 6 nitrogen and oxygen atoms in total. The molecule has 1 N–H and O–H groups in total. The monoisotopic (exact) mass is 440 g/mol. The van der Waals surface area contributed by atoms with Crippen molar-refractivity contribution in [3.05, 3.63) is 24.0 Å². The van der Waals surface area contributed by atoms with Crippen LogP contribution in [0.1, 0.15) is 12.1 Å². The van der Waals surface area contributed by atoms with E-state index >= 15 is 0 Å². The average Bonchev–Trinajstić information content (AvgIpc) is 2.97. The van der Waals surface area contributed by atoms with Gasteiger partial charge in [0.15, 0.2) is 15.8 Å². The van der Waals surface area contributed by atoms with Gasteiger partial charge in [0.05, 0.1) is 18.1 Å². The number of hydrogen-bond acceptors (Lipinski definition) is 3. The standard InChI is InChI=1S/C14H24N4O2S.HI/c1-15-14(16-9-12-6-8-21(19,20)11-12)18(3)10-13-5-4-7-17(13)2;/h4-5,7,12H,6,8-11H2,1-3H3,(H,15,16);1H. The molecule has 0 aromatic carbocycles. The first-order valence-electron chi connectivity index (χ1n) is 7.13. The van der Waals surface area contributed by atoms with E-state index in [1.807, 2.05) is 31.3 Å². The summed E-state index contributed by atoms with van der Waals surface area (Å²) in [5.41, 5.74) is 1.20. The predicted octanol–water partition coefficient (Wildman–Crippen LogP) is 1.09. The second-order valence-electron chi connectivity index (χ2n) is 5.66. The van der Waals surface area contributed by atoms with Crippen molar-refractivity contribution in [1.29, 1.82) is 0 Å². The molecule has 0 saturated carbocycles. The minimum Gasteiger partial charge on any atom is -0.356 e. The van der Waals surface area contributed by atoms with E-state index < -0.39 is 9.84 Å². The summed E-state index contributed by atoms with van der Waals surface area (Å²) >= 11 is 0. The van der Waals surface area contributed by atoms with Gasteiger partial charge in [0, 0.05) is 39.6 Å². The van der Waals surface area contributed by atoms with Crippen molar-refractivity contribution in [3.8, 4) is 0 Å². The third-order valence-electron chi connectivity index (χ3n) is 3.90. The third kappa shape index (κ3) is 5.15. The zero-order valence-corrected chi connectivity index (χ0v) is 16.5. The van der Waals surface area contributed by atoms with Gasteiger partial charge in [0.1, 0.15) is 0 Å². The molecule has 1 aliphatic heterocycles. The maximum atomic E-state index is 11.5. The third-order valence-corrected chi connectivity index (χ3v) is 5.74. The van der Waals surface area contributed by atoms with Crippen molar-refractivity contribution >= 4 is 39.8 Å². The van der Waals surface area contributed by atoms with E-state index in [0.717, 1.165) is 18.9 Å². The van der Waals surface area contributed by atoms with Crippen LogP contribution in [0.2, 0.25) is 0 Å². The van der Waals surface area contributed by atoms with Crippen molar-refractivity contribution in [2.24, 2.45) is 18.0 Å². The van der Waals surface area contributed by atoms with E-state index in [1.165, 1.54) is 5.69 Å². The van der Waals surface area contributed by atoms with E-state index in [4.69, 9.17) is 0 Å². The van der Waals surface area contributed by atoms with Crippen LogP contribution in [0.25, 0.3) is 0 Å². The van der Waals surface area contributed by atoms with Crippen LogP contribution in [0.15, 0.2) is 23.3 Å². The van der Waals surface area contributed by atoms with E-state index in [1.54, 1.807) is 7.05 Å². The Kier molecular flexibility index (Phi) is 7.17. The topological polar surface area (TPSA) is 66.7 Å². The highest BCUT2D eigenvalue weighted by molar-refractivity contribution is 14.0. The SMILES string of the molecule is CN=C(NCC1CCS(=O)(=O)C1)N(C)Cc1cccn1C.I. The Bertz CT molecular complexity index is 612. The molecular weight excluding hydrogens is 415 g/mol. The quantitative estimate of drug-likeness (QED) is 0.433. The highest BCUT2D eigenvalue weighted by Crippen LogP contribution is 2.17. The first-order valence-corrected chi connectivity index (χ1v) is 8.96. The first-order chi connectivity index (χ1) is 9.91. The van der Waals surface area contributed by atoms with Crippen molar-refractivity contribution < 1.29 is 8.42 Å². The lowest BCUT2D eigenvalue weighted by molar-refractivity contribution is 0.451. The normalized spacial score (nSPS) is 20.5. The van der Waals surface area contributed by atoms with Crippen LogP contribution in [-0.2, 0) is 23.4 Å². The summed E-state index contributed by atoms with van der Waals surface area (Å²) in [7, 11) is 2.93. The number of aryl methyl sites for hydroxylation is 1. The smallest absolute Gasteiger partial charge is 0.193 e. The fourth-order valence-electron chi connectivity index (χ4n) is 2.63. The maximum absolute atomic E-state index is 11.5. The number of aromatic nitrogens is 1. The van der Waals surface area contributed by atoms with E-state index in [9.17, 15) is 8.42 Å². The van der Waals surface area contributed by atoms with Gasteiger partial charge in [-0.1, -0.05) is 0 Å². The predicted molar refractivity (Wildman–Crippen MR) is 100 cm³/mol. The summed E-state index contributed by atoms with van der Waals surface area (Å²) in [6.07, 6.45) is 2.76. The van der Waals surface area contributed by atoms with Gasteiger partial charge >= 0.3 is 0 Å². The number of halogens is 1. The second-order valence-corrected chi connectivity index (χ2v) is 7.89. The maximum Gasteiger partial charge on any atom is 0.193 e. The number of sulfone groups is 1. The number of nitrogens with one attached hydrogen (secondary N) is 1. The van der Waals surface area contributed by atoms with Crippen LogP contribution < -0.4 is 5.32 Å². The Hall–Kier alpha value is -0.770. The van der Waals surface area contributed by atoms with Crippen molar-refractivity contribution in [2.75, 3.05) is 32.1 Å². The van der Waals surface area contributed by atoms with Gasteiger partial charge in [0.2, 0.25) is 0 Å². The van der Waals surface area contributed by atoms with Crippen LogP contribution in [0.5, 0.6) is 0 Å². The van der Waals surface area contributed by atoms with Crippen LogP contribution in [0.4, 0.5) is 0 Å². The lowest BCUT2D eigenvalue weighted by Crippen LogP contribution is -2.41. The molecule has 0 bridgehead atoms. The summed E-state index contributed by atoms with van der Waals surface area (Å²) in [4.78, 5) is 6.31. The fourth-order valence-corrected chi connectivity index (χ4v) is 4.49. The lowest BCUT2D eigenvalue weighted by Gasteiger charge is -2.23. The molecule has 8 heteroatoms. The molecule has 0 amide bonds. The lowest BCUT2D eigenvalue weighted by atomic mass is 10.1. The summed E-state index contributed by atoms with van der Waals surface area (Å²) in [6.45, 7) is 1.41. The molecule has 0 aliphatic carbocycles. The van der Waals surface area contributed by atoms with Crippen molar-refractivity contribution in [1.82, 2.24) is 14.8 Å². The van der Waals surface area contributed by atoms with Gasteiger partial charge in [-0.25, -0.2) is 8.42 Å². The molecule has 0 spiro atoms. The fraction of sp³-hybridized carbons (Fsp3) is 0.643. The number of rotatable bonds is 4. The van der Waals surface area contributed by atoms with Gasteiger partial charge < -0.3 is 14.8 Å². The highest BCUT2D eigenvalue weighted by Gasteiger charge is 2.27. The van der Waals surface area contributed by atoms with E-state index in [2.05, 4.69) is 20.9 Å². The summed E-state index contributed by atoms with van der Waals surface area (Å²) in [5, 5.41) is 3.28. The second kappa shape index (κ2) is 8.19. The number of hydrogen-bond donors (Lipinski definition) is 1. The Morgan fingerprint density at radius 3 is 2.77 bits per heavy atom. The zero-order valence-electron chi connectivity index (χ0n) is 13.3. The van der Waals surface area contributed by atoms with Crippen LogP contribution in [-0.4, -0.2) is 56.0 Å². The Balaban J connectivity index is 0.00000242. The molecule has 22 heavy (non-hydrogen) atoms. The molecule has 2 rings (SSSR count). The molecule has 2 heterocycles. The number of aliphatic imine (C=N–C) groups is 1. The summed E-state index contributed by atoms with van der Waals surface area (Å²) in [5.74, 6) is 1.59. The first kappa shape index (κ1) is 19.3. The van der Waals surface area contributed by atoms with Crippen molar-refractivity contribution in [3.63, 3.8) is 0 Å². The molecule has 1 aliphatic rings. The van der Waals surface area contributed by atoms with Gasteiger partial charge in [-0.3, -0.25) is 4.99 Å². The molecule has 126 valence electrons. The molecular formula is C14H25IN4O2S. The molecule has 1 atom stereocenters. The molecule has 1 saturated heterocycles. The van der Waals surface area contributed by atoms with E-state index in [-0.39, 0.29) is 29.9 Å². The van der Waals surface area contributed by atoms with E-state index in [0.29, 0.717) is 18.1 Å².